The number of amides is 1. The molecule has 1 atom stereocenters. The van der Waals surface area contributed by atoms with Gasteiger partial charge in [-0.1, -0.05) is 6.07 Å². The minimum atomic E-state index is -0.348. The predicted molar refractivity (Wildman–Crippen MR) is 104 cm³/mol. The minimum Gasteiger partial charge on any atom is -0.497 e. The molecule has 1 amide bonds. The lowest BCUT2D eigenvalue weighted by Gasteiger charge is -2.38. The number of ether oxygens (including phenoxy) is 2. The molecule has 1 N–H and O–H groups in total. The van der Waals surface area contributed by atoms with Gasteiger partial charge in [-0.05, 0) is 51.2 Å². The van der Waals surface area contributed by atoms with Crippen molar-refractivity contribution in [3.8, 4) is 11.5 Å². The first-order valence-corrected chi connectivity index (χ1v) is 9.11. The van der Waals surface area contributed by atoms with Crippen LogP contribution in [0.15, 0.2) is 42.6 Å². The van der Waals surface area contributed by atoms with E-state index >= 15 is 0 Å². The van der Waals surface area contributed by atoms with E-state index in [9.17, 15) is 4.79 Å². The predicted octanol–water partition coefficient (Wildman–Crippen LogP) is 2.94. The number of carbonyl (C=O) groups is 1. The van der Waals surface area contributed by atoms with Gasteiger partial charge in [-0.3, -0.25) is 14.7 Å². The molecule has 1 aliphatic rings. The molecule has 1 aliphatic heterocycles. The minimum absolute atomic E-state index is 0.0232. The van der Waals surface area contributed by atoms with Crippen LogP contribution in [0.1, 0.15) is 37.6 Å². The molecular formula is C21H27N3O3. The molecule has 6 nitrogen and oxygen atoms in total. The van der Waals surface area contributed by atoms with E-state index in [0.29, 0.717) is 19.5 Å². The number of nitrogens with zero attached hydrogens (tertiary/aromatic N) is 2. The molecule has 0 saturated heterocycles. The molecule has 1 aromatic carbocycles. The van der Waals surface area contributed by atoms with E-state index in [1.54, 1.807) is 13.3 Å². The number of aromatic nitrogens is 1. The van der Waals surface area contributed by atoms with Gasteiger partial charge in [-0.15, -0.1) is 0 Å². The molecule has 1 unspecified atom stereocenters. The molecule has 144 valence electrons. The third kappa shape index (κ3) is 4.98. The quantitative estimate of drug-likeness (QED) is 0.848. The summed E-state index contributed by atoms with van der Waals surface area (Å²) in [6.45, 7) is 4.99. The maximum Gasteiger partial charge on any atom is 0.234 e. The Labute approximate surface area is 160 Å². The lowest BCUT2D eigenvalue weighted by atomic mass is 9.89. The van der Waals surface area contributed by atoms with Crippen LogP contribution in [0, 0.1) is 0 Å². The molecule has 0 radical (unpaired) electrons. The van der Waals surface area contributed by atoms with Gasteiger partial charge in [0, 0.05) is 24.7 Å². The Hall–Kier alpha value is -2.60. The molecule has 6 heteroatoms. The standard InChI is InChI=1S/C21H27N3O3/c1-21(2)12-18(17-11-16(26-4)8-9-19(17)27-21)23-20(25)14-24(3)13-15-7-5-6-10-22-15/h5-11,18H,12-14H2,1-4H3,(H,23,25). The third-order valence-corrected chi connectivity index (χ3v) is 4.58. The fourth-order valence-corrected chi connectivity index (χ4v) is 3.40. The maximum absolute atomic E-state index is 12.6. The van der Waals surface area contributed by atoms with E-state index in [1.807, 2.05) is 62.2 Å². The van der Waals surface area contributed by atoms with E-state index in [1.165, 1.54) is 0 Å². The SMILES string of the molecule is COc1ccc2c(c1)C(NC(=O)CN(C)Cc1ccccn1)CC(C)(C)O2. The van der Waals surface area contributed by atoms with Crippen molar-refractivity contribution in [2.24, 2.45) is 0 Å². The van der Waals surface area contributed by atoms with Gasteiger partial charge in [0.1, 0.15) is 17.1 Å². The molecule has 0 aliphatic carbocycles. The van der Waals surface area contributed by atoms with Gasteiger partial charge in [0.05, 0.1) is 25.4 Å². The first-order chi connectivity index (χ1) is 12.9. The number of methoxy groups -OCH3 is 1. The van der Waals surface area contributed by atoms with Crippen LogP contribution in [0.2, 0.25) is 0 Å². The largest absolute Gasteiger partial charge is 0.497 e. The number of benzene rings is 1. The molecule has 0 fully saturated rings. The van der Waals surface area contributed by atoms with Gasteiger partial charge in [-0.25, -0.2) is 0 Å². The highest BCUT2D eigenvalue weighted by Gasteiger charge is 2.34. The zero-order valence-corrected chi connectivity index (χ0v) is 16.4. The molecule has 3 rings (SSSR count). The van der Waals surface area contributed by atoms with Crippen LogP contribution in [0.5, 0.6) is 11.5 Å². The summed E-state index contributed by atoms with van der Waals surface area (Å²) >= 11 is 0. The Bertz CT molecular complexity index is 793. The topological polar surface area (TPSA) is 63.7 Å². The van der Waals surface area contributed by atoms with Crippen molar-refractivity contribution in [1.82, 2.24) is 15.2 Å². The number of likely N-dealkylation sites (N-methyl/N-ethyl adjacent to an activating group) is 1. The highest BCUT2D eigenvalue weighted by molar-refractivity contribution is 5.78. The first kappa shape index (κ1) is 19.2. The lowest BCUT2D eigenvalue weighted by molar-refractivity contribution is -0.123. The van der Waals surface area contributed by atoms with Gasteiger partial charge >= 0.3 is 0 Å². The Kier molecular flexibility index (Phi) is 5.65. The summed E-state index contributed by atoms with van der Waals surface area (Å²) in [5, 5.41) is 3.16. The molecule has 0 bridgehead atoms. The van der Waals surface area contributed by atoms with Crippen LogP contribution in [-0.4, -0.2) is 42.1 Å². The van der Waals surface area contributed by atoms with E-state index in [-0.39, 0.29) is 17.6 Å². The Morgan fingerprint density at radius 2 is 2.19 bits per heavy atom. The van der Waals surface area contributed by atoms with Crippen molar-refractivity contribution < 1.29 is 14.3 Å². The lowest BCUT2D eigenvalue weighted by Crippen LogP contribution is -2.43. The van der Waals surface area contributed by atoms with Crippen LogP contribution in [0.3, 0.4) is 0 Å². The van der Waals surface area contributed by atoms with E-state index in [2.05, 4.69) is 10.3 Å². The van der Waals surface area contributed by atoms with Crippen molar-refractivity contribution in [2.45, 2.75) is 38.5 Å². The highest BCUT2D eigenvalue weighted by Crippen LogP contribution is 2.41. The Balaban J connectivity index is 1.68. The molecule has 1 aromatic heterocycles. The van der Waals surface area contributed by atoms with Gasteiger partial charge < -0.3 is 14.8 Å². The summed E-state index contributed by atoms with van der Waals surface area (Å²) in [5.74, 6) is 1.52. The van der Waals surface area contributed by atoms with Crippen molar-refractivity contribution in [3.05, 3.63) is 53.9 Å². The van der Waals surface area contributed by atoms with Crippen LogP contribution >= 0.6 is 0 Å². The van der Waals surface area contributed by atoms with E-state index in [0.717, 1.165) is 22.8 Å². The van der Waals surface area contributed by atoms with Gasteiger partial charge in [0.25, 0.3) is 0 Å². The molecule has 0 spiro atoms. The maximum atomic E-state index is 12.6. The molecular weight excluding hydrogens is 342 g/mol. The van der Waals surface area contributed by atoms with Crippen molar-refractivity contribution in [3.63, 3.8) is 0 Å². The molecule has 2 aromatic rings. The number of pyridine rings is 1. The van der Waals surface area contributed by atoms with Crippen molar-refractivity contribution >= 4 is 5.91 Å². The number of hydrogen-bond acceptors (Lipinski definition) is 5. The fourth-order valence-electron chi connectivity index (χ4n) is 3.40. The summed E-state index contributed by atoms with van der Waals surface area (Å²) in [6.07, 6.45) is 2.46. The summed E-state index contributed by atoms with van der Waals surface area (Å²) in [5.41, 5.74) is 1.55. The fraction of sp³-hybridized carbons (Fsp3) is 0.429. The number of hydrogen-bond donors (Lipinski definition) is 1. The molecule has 2 heterocycles. The van der Waals surface area contributed by atoms with Gasteiger partial charge in [0.15, 0.2) is 0 Å². The van der Waals surface area contributed by atoms with Gasteiger partial charge in [-0.2, -0.15) is 0 Å². The molecule has 0 saturated carbocycles. The zero-order chi connectivity index (χ0) is 19.4. The number of rotatable bonds is 6. The summed E-state index contributed by atoms with van der Waals surface area (Å²) in [4.78, 5) is 18.9. The summed E-state index contributed by atoms with van der Waals surface area (Å²) in [7, 11) is 3.55. The Morgan fingerprint density at radius 3 is 2.89 bits per heavy atom. The number of nitrogens with one attached hydrogen (secondary N) is 1. The van der Waals surface area contributed by atoms with Crippen LogP contribution in [0.25, 0.3) is 0 Å². The normalized spacial score (nSPS) is 17.7. The summed E-state index contributed by atoms with van der Waals surface area (Å²) in [6, 6.07) is 11.4. The van der Waals surface area contributed by atoms with E-state index in [4.69, 9.17) is 9.47 Å². The summed E-state index contributed by atoms with van der Waals surface area (Å²) < 4.78 is 11.4. The van der Waals surface area contributed by atoms with Crippen LogP contribution in [0.4, 0.5) is 0 Å². The van der Waals surface area contributed by atoms with E-state index < -0.39 is 0 Å². The van der Waals surface area contributed by atoms with Crippen LogP contribution < -0.4 is 14.8 Å². The second-order valence-corrected chi connectivity index (χ2v) is 7.58. The van der Waals surface area contributed by atoms with Crippen molar-refractivity contribution in [2.75, 3.05) is 20.7 Å². The number of carbonyl (C=O) groups excluding carboxylic acids is 1. The van der Waals surface area contributed by atoms with Gasteiger partial charge in [0.2, 0.25) is 5.91 Å². The second-order valence-electron chi connectivity index (χ2n) is 7.58. The monoisotopic (exact) mass is 369 g/mol. The van der Waals surface area contributed by atoms with Crippen LogP contribution in [-0.2, 0) is 11.3 Å². The first-order valence-electron chi connectivity index (χ1n) is 9.11. The second kappa shape index (κ2) is 7.96. The smallest absolute Gasteiger partial charge is 0.234 e. The number of fused-ring (bicyclic) bond motifs is 1. The average Bonchev–Trinajstić information content (AvgIpc) is 2.61. The van der Waals surface area contributed by atoms with Crippen molar-refractivity contribution in [1.29, 1.82) is 0 Å². The zero-order valence-electron chi connectivity index (χ0n) is 16.4. The highest BCUT2D eigenvalue weighted by atomic mass is 16.5. The average molecular weight is 369 g/mol. The Morgan fingerprint density at radius 1 is 1.37 bits per heavy atom. The molecule has 27 heavy (non-hydrogen) atoms. The third-order valence-electron chi connectivity index (χ3n) is 4.58.